The standard InChI is InChI=1S/C5H11ClO/c1-5(7)3-2-4-6/h5,7H,2-4H2,1H3. The minimum absolute atomic E-state index is 0.182. The number of halogens is 1. The lowest BCUT2D eigenvalue weighted by Gasteiger charge is -1.97. The van der Waals surface area contributed by atoms with Gasteiger partial charge < -0.3 is 5.11 Å². The van der Waals surface area contributed by atoms with Crippen LogP contribution < -0.4 is 0 Å². The Morgan fingerprint density at radius 3 is 2.43 bits per heavy atom. The fraction of sp³-hybridized carbons (Fsp3) is 1.00. The van der Waals surface area contributed by atoms with Gasteiger partial charge in [-0.25, -0.2) is 0 Å². The summed E-state index contributed by atoms with van der Waals surface area (Å²) in [6.45, 7) is 1.77. The molecule has 1 N–H and O–H groups in total. The highest BCUT2D eigenvalue weighted by atomic mass is 35.5. The van der Waals surface area contributed by atoms with Gasteiger partial charge in [0.15, 0.2) is 0 Å². The van der Waals surface area contributed by atoms with Crippen LogP contribution in [0.4, 0.5) is 0 Å². The molecule has 0 amide bonds. The number of hydrogen-bond donors (Lipinski definition) is 1. The van der Waals surface area contributed by atoms with Crippen molar-refractivity contribution in [1.29, 1.82) is 0 Å². The second kappa shape index (κ2) is 4.41. The molecule has 0 aliphatic rings. The number of aliphatic hydroxyl groups is 1. The van der Waals surface area contributed by atoms with Gasteiger partial charge >= 0.3 is 0 Å². The fourth-order valence-electron chi connectivity index (χ4n) is 0.373. The maximum atomic E-state index is 8.62. The molecule has 0 saturated carbocycles. The van der Waals surface area contributed by atoms with Crippen LogP contribution in [0.3, 0.4) is 0 Å². The second-order valence-corrected chi connectivity index (χ2v) is 2.06. The summed E-state index contributed by atoms with van der Waals surface area (Å²) in [5.74, 6) is 0.658. The Bertz CT molecular complexity index is 37.1. The molecule has 0 aliphatic heterocycles. The quantitative estimate of drug-likeness (QED) is 0.561. The zero-order chi connectivity index (χ0) is 5.70. The van der Waals surface area contributed by atoms with Crippen molar-refractivity contribution in [3.05, 3.63) is 0 Å². The minimum atomic E-state index is -0.182. The van der Waals surface area contributed by atoms with E-state index >= 15 is 0 Å². The summed E-state index contributed by atoms with van der Waals surface area (Å²) in [6, 6.07) is 0. The van der Waals surface area contributed by atoms with E-state index in [4.69, 9.17) is 16.7 Å². The van der Waals surface area contributed by atoms with Crippen LogP contribution >= 0.6 is 11.6 Å². The third-order valence-corrected chi connectivity index (χ3v) is 1.02. The fourth-order valence-corrected chi connectivity index (χ4v) is 0.527. The largest absolute Gasteiger partial charge is 0.393 e. The SMILES string of the molecule is CC(O)CCCCl. The van der Waals surface area contributed by atoms with E-state index in [0.717, 1.165) is 12.8 Å². The number of alkyl halides is 1. The number of rotatable bonds is 3. The predicted molar refractivity (Wildman–Crippen MR) is 31.6 cm³/mol. The highest BCUT2D eigenvalue weighted by Crippen LogP contribution is 1.95. The molecule has 1 nitrogen and oxygen atoms in total. The van der Waals surface area contributed by atoms with Crippen molar-refractivity contribution in [1.82, 2.24) is 0 Å². The summed E-state index contributed by atoms with van der Waals surface area (Å²) in [5.41, 5.74) is 0. The Morgan fingerprint density at radius 1 is 1.71 bits per heavy atom. The predicted octanol–water partition coefficient (Wildman–Crippen LogP) is 1.39. The van der Waals surface area contributed by atoms with Gasteiger partial charge in [0.1, 0.15) is 0 Å². The van der Waals surface area contributed by atoms with Gasteiger partial charge in [0.05, 0.1) is 6.10 Å². The monoisotopic (exact) mass is 122 g/mol. The Labute approximate surface area is 49.3 Å². The van der Waals surface area contributed by atoms with Crippen molar-refractivity contribution in [2.45, 2.75) is 25.9 Å². The maximum absolute atomic E-state index is 8.62. The lowest BCUT2D eigenvalue weighted by molar-refractivity contribution is 0.184. The smallest absolute Gasteiger partial charge is 0.0512 e. The molecule has 0 saturated heterocycles. The van der Waals surface area contributed by atoms with Gasteiger partial charge in [-0.2, -0.15) is 0 Å². The van der Waals surface area contributed by atoms with E-state index in [2.05, 4.69) is 0 Å². The molecule has 1 atom stereocenters. The van der Waals surface area contributed by atoms with E-state index in [-0.39, 0.29) is 6.10 Å². The van der Waals surface area contributed by atoms with Crippen LogP contribution in [0.1, 0.15) is 19.8 Å². The Morgan fingerprint density at radius 2 is 2.29 bits per heavy atom. The molecule has 0 aromatic heterocycles. The van der Waals surface area contributed by atoms with Crippen LogP contribution in [-0.4, -0.2) is 17.1 Å². The minimum Gasteiger partial charge on any atom is -0.393 e. The van der Waals surface area contributed by atoms with Crippen LogP contribution in [0, 0.1) is 0 Å². The van der Waals surface area contributed by atoms with Crippen LogP contribution in [-0.2, 0) is 0 Å². The number of hydrogen-bond acceptors (Lipinski definition) is 1. The van der Waals surface area contributed by atoms with Crippen LogP contribution in [0.5, 0.6) is 0 Å². The zero-order valence-corrected chi connectivity index (χ0v) is 5.28. The van der Waals surface area contributed by atoms with E-state index < -0.39 is 0 Å². The molecule has 0 aromatic rings. The average Bonchev–Trinajstić information content (AvgIpc) is 1.61. The first-order chi connectivity index (χ1) is 3.27. The highest BCUT2D eigenvalue weighted by Gasteiger charge is 1.91. The van der Waals surface area contributed by atoms with Crippen molar-refractivity contribution in [3.63, 3.8) is 0 Å². The van der Waals surface area contributed by atoms with Crippen molar-refractivity contribution in [2.24, 2.45) is 0 Å². The first-order valence-electron chi connectivity index (χ1n) is 2.51. The number of aliphatic hydroxyl groups excluding tert-OH is 1. The van der Waals surface area contributed by atoms with E-state index in [1.165, 1.54) is 0 Å². The summed E-state index contributed by atoms with van der Waals surface area (Å²) < 4.78 is 0. The van der Waals surface area contributed by atoms with Crippen molar-refractivity contribution in [2.75, 3.05) is 5.88 Å². The molecule has 1 unspecified atom stereocenters. The molecule has 0 rings (SSSR count). The first kappa shape index (κ1) is 7.25. The summed E-state index contributed by atoms with van der Waals surface area (Å²) >= 11 is 5.33. The third-order valence-electron chi connectivity index (χ3n) is 0.756. The highest BCUT2D eigenvalue weighted by molar-refractivity contribution is 6.17. The Hall–Kier alpha value is 0.250. The summed E-state index contributed by atoms with van der Waals surface area (Å²) in [4.78, 5) is 0. The van der Waals surface area contributed by atoms with Crippen molar-refractivity contribution in [3.8, 4) is 0 Å². The van der Waals surface area contributed by atoms with Gasteiger partial charge in [-0.3, -0.25) is 0 Å². The normalized spacial score (nSPS) is 14.1. The van der Waals surface area contributed by atoms with Crippen LogP contribution in [0.2, 0.25) is 0 Å². The van der Waals surface area contributed by atoms with Gasteiger partial charge in [-0.1, -0.05) is 0 Å². The van der Waals surface area contributed by atoms with Crippen LogP contribution in [0.25, 0.3) is 0 Å². The Kier molecular flexibility index (Phi) is 4.57. The first-order valence-corrected chi connectivity index (χ1v) is 3.05. The van der Waals surface area contributed by atoms with Gasteiger partial charge in [0.2, 0.25) is 0 Å². The molecule has 0 fully saturated rings. The van der Waals surface area contributed by atoms with Crippen LogP contribution in [0.15, 0.2) is 0 Å². The third kappa shape index (κ3) is 6.25. The molecule has 2 heteroatoms. The zero-order valence-electron chi connectivity index (χ0n) is 4.52. The van der Waals surface area contributed by atoms with Gasteiger partial charge in [0.25, 0.3) is 0 Å². The lowest BCUT2D eigenvalue weighted by Crippen LogP contribution is -1.98. The molecule has 44 valence electrons. The summed E-state index contributed by atoms with van der Waals surface area (Å²) in [5, 5.41) is 8.62. The van der Waals surface area contributed by atoms with E-state index in [1.54, 1.807) is 6.92 Å². The van der Waals surface area contributed by atoms with Crippen molar-refractivity contribution < 1.29 is 5.11 Å². The van der Waals surface area contributed by atoms with Crippen molar-refractivity contribution >= 4 is 11.6 Å². The molecule has 7 heavy (non-hydrogen) atoms. The molecular formula is C5H11ClO. The topological polar surface area (TPSA) is 20.2 Å². The van der Waals surface area contributed by atoms with E-state index in [1.807, 2.05) is 0 Å². The maximum Gasteiger partial charge on any atom is 0.0512 e. The summed E-state index contributed by atoms with van der Waals surface area (Å²) in [7, 11) is 0. The molecule has 0 spiro atoms. The summed E-state index contributed by atoms with van der Waals surface area (Å²) in [6.07, 6.45) is 1.56. The molecular weight excluding hydrogens is 112 g/mol. The second-order valence-electron chi connectivity index (χ2n) is 1.68. The lowest BCUT2D eigenvalue weighted by atomic mass is 10.2. The van der Waals surface area contributed by atoms with E-state index in [0.29, 0.717) is 5.88 Å². The molecule has 0 aromatic carbocycles. The molecule has 0 bridgehead atoms. The van der Waals surface area contributed by atoms with Gasteiger partial charge in [-0.05, 0) is 19.8 Å². The van der Waals surface area contributed by atoms with Gasteiger partial charge in [0, 0.05) is 5.88 Å². The molecule has 0 radical (unpaired) electrons. The Balaban J connectivity index is 2.68. The van der Waals surface area contributed by atoms with Gasteiger partial charge in [-0.15, -0.1) is 11.6 Å². The van der Waals surface area contributed by atoms with E-state index in [9.17, 15) is 0 Å². The molecule has 0 heterocycles. The average molecular weight is 123 g/mol. The molecule has 0 aliphatic carbocycles.